The number of aliphatic hydroxyl groups excluding tert-OH is 1. The Bertz CT molecular complexity index is 1050. The van der Waals surface area contributed by atoms with E-state index in [0.29, 0.717) is 22.4 Å². The number of thiazole rings is 1. The Labute approximate surface area is 159 Å². The summed E-state index contributed by atoms with van der Waals surface area (Å²) in [4.78, 5) is 18.7. The number of hydrogen-bond donors (Lipinski definition) is 1. The number of aryl methyl sites for hydroxylation is 1. The first kappa shape index (κ1) is 17.6. The zero-order valence-electron chi connectivity index (χ0n) is 14.5. The van der Waals surface area contributed by atoms with Gasteiger partial charge in [-0.05, 0) is 48.4 Å². The van der Waals surface area contributed by atoms with Gasteiger partial charge in [0.05, 0.1) is 17.8 Å². The van der Waals surface area contributed by atoms with E-state index in [1.807, 2.05) is 13.0 Å². The first-order chi connectivity index (χ1) is 13.1. The SMILES string of the molecule is Cc1scnc1C1=C(c2ccc(F)cc2)C(=O)c2cc(OCCO)ccc21. The van der Waals surface area contributed by atoms with Crippen molar-refractivity contribution in [3.63, 3.8) is 0 Å². The molecule has 4 rings (SSSR count). The molecule has 1 aliphatic carbocycles. The maximum absolute atomic E-state index is 13.4. The van der Waals surface area contributed by atoms with E-state index in [4.69, 9.17) is 9.84 Å². The number of ketones is 1. The van der Waals surface area contributed by atoms with Crippen LogP contribution in [0, 0.1) is 12.7 Å². The second-order valence-electron chi connectivity index (χ2n) is 6.12. The van der Waals surface area contributed by atoms with E-state index in [-0.39, 0.29) is 24.8 Å². The fourth-order valence-electron chi connectivity index (χ4n) is 3.25. The number of halogens is 1. The number of rotatable bonds is 5. The fraction of sp³-hybridized carbons (Fsp3) is 0.143. The predicted octanol–water partition coefficient (Wildman–Crippen LogP) is 4.12. The lowest BCUT2D eigenvalue weighted by molar-refractivity contribution is 0.105. The van der Waals surface area contributed by atoms with Gasteiger partial charge < -0.3 is 9.84 Å². The van der Waals surface area contributed by atoms with E-state index in [2.05, 4.69) is 4.98 Å². The van der Waals surface area contributed by atoms with Crippen molar-refractivity contribution < 1.29 is 19.0 Å². The summed E-state index contributed by atoms with van der Waals surface area (Å²) < 4.78 is 18.8. The van der Waals surface area contributed by atoms with E-state index < -0.39 is 0 Å². The van der Waals surface area contributed by atoms with Crippen molar-refractivity contribution in [3.05, 3.63) is 81.1 Å². The monoisotopic (exact) mass is 381 g/mol. The van der Waals surface area contributed by atoms with Gasteiger partial charge in [0.1, 0.15) is 18.2 Å². The topological polar surface area (TPSA) is 59.4 Å². The van der Waals surface area contributed by atoms with Gasteiger partial charge in [-0.1, -0.05) is 12.1 Å². The number of aliphatic hydroxyl groups is 1. The molecule has 1 aliphatic rings. The Morgan fingerprint density at radius 1 is 1.11 bits per heavy atom. The molecule has 0 saturated carbocycles. The minimum absolute atomic E-state index is 0.104. The van der Waals surface area contributed by atoms with E-state index in [1.165, 1.54) is 23.5 Å². The number of aromatic nitrogens is 1. The zero-order valence-corrected chi connectivity index (χ0v) is 15.3. The molecule has 0 spiro atoms. The average molecular weight is 381 g/mol. The third kappa shape index (κ3) is 3.07. The number of Topliss-reactive ketones (excluding diaryl/α,β-unsaturated/α-hetero) is 1. The van der Waals surface area contributed by atoms with Gasteiger partial charge in [-0.2, -0.15) is 0 Å². The summed E-state index contributed by atoms with van der Waals surface area (Å²) in [6.45, 7) is 2.01. The Morgan fingerprint density at radius 2 is 1.89 bits per heavy atom. The quantitative estimate of drug-likeness (QED) is 0.722. The number of carbonyl (C=O) groups is 1. The van der Waals surface area contributed by atoms with Gasteiger partial charge in [0.15, 0.2) is 5.78 Å². The normalized spacial score (nSPS) is 13.2. The standard InChI is InChI=1S/C21H16FNO3S/c1-12-20(23-11-27-12)19-16-7-6-15(26-9-8-24)10-17(16)21(25)18(19)13-2-4-14(22)5-3-13/h2-7,10-11,24H,8-9H2,1H3. The summed E-state index contributed by atoms with van der Waals surface area (Å²) in [5.41, 5.74) is 5.73. The molecule has 4 nitrogen and oxygen atoms in total. The van der Waals surface area contributed by atoms with Crippen molar-refractivity contribution in [1.82, 2.24) is 4.98 Å². The van der Waals surface area contributed by atoms with Crippen LogP contribution in [0.15, 0.2) is 48.0 Å². The molecule has 0 amide bonds. The van der Waals surface area contributed by atoms with Gasteiger partial charge in [-0.25, -0.2) is 9.37 Å². The highest BCUT2D eigenvalue weighted by molar-refractivity contribution is 7.09. The number of allylic oxidation sites excluding steroid dienone is 1. The number of hydrogen-bond acceptors (Lipinski definition) is 5. The van der Waals surface area contributed by atoms with Crippen LogP contribution < -0.4 is 4.74 Å². The van der Waals surface area contributed by atoms with Crippen LogP contribution in [0.4, 0.5) is 4.39 Å². The van der Waals surface area contributed by atoms with Crippen molar-refractivity contribution >= 4 is 28.3 Å². The second-order valence-corrected chi connectivity index (χ2v) is 7.18. The van der Waals surface area contributed by atoms with Crippen molar-refractivity contribution in [2.45, 2.75) is 6.92 Å². The van der Waals surface area contributed by atoms with Gasteiger partial charge >= 0.3 is 0 Å². The maximum Gasteiger partial charge on any atom is 0.195 e. The van der Waals surface area contributed by atoms with Crippen molar-refractivity contribution in [2.24, 2.45) is 0 Å². The summed E-state index contributed by atoms with van der Waals surface area (Å²) in [5, 5.41) is 8.95. The largest absolute Gasteiger partial charge is 0.491 e. The van der Waals surface area contributed by atoms with Crippen LogP contribution in [0.2, 0.25) is 0 Å². The molecule has 0 bridgehead atoms. The Morgan fingerprint density at radius 3 is 2.56 bits per heavy atom. The van der Waals surface area contributed by atoms with Gasteiger partial charge in [-0.3, -0.25) is 4.79 Å². The van der Waals surface area contributed by atoms with Gasteiger partial charge in [0.25, 0.3) is 0 Å². The number of nitrogens with zero attached hydrogens (tertiary/aromatic N) is 1. The molecule has 0 fully saturated rings. The molecule has 0 radical (unpaired) electrons. The van der Waals surface area contributed by atoms with E-state index in [9.17, 15) is 9.18 Å². The molecule has 1 aromatic heterocycles. The minimum Gasteiger partial charge on any atom is -0.491 e. The molecular formula is C21H16FNO3S. The summed E-state index contributed by atoms with van der Waals surface area (Å²) >= 11 is 1.51. The fourth-order valence-corrected chi connectivity index (χ4v) is 3.83. The van der Waals surface area contributed by atoms with Gasteiger partial charge in [0.2, 0.25) is 0 Å². The Kier molecular flexibility index (Phi) is 4.59. The van der Waals surface area contributed by atoms with Crippen molar-refractivity contribution in [3.8, 4) is 5.75 Å². The van der Waals surface area contributed by atoms with Crippen LogP contribution >= 0.6 is 11.3 Å². The first-order valence-electron chi connectivity index (χ1n) is 8.43. The van der Waals surface area contributed by atoms with Gasteiger partial charge in [0, 0.05) is 21.6 Å². The van der Waals surface area contributed by atoms with Crippen molar-refractivity contribution in [2.75, 3.05) is 13.2 Å². The van der Waals surface area contributed by atoms with E-state index in [1.54, 1.807) is 29.8 Å². The van der Waals surface area contributed by atoms with Gasteiger partial charge in [-0.15, -0.1) is 11.3 Å². The van der Waals surface area contributed by atoms with Crippen LogP contribution in [0.5, 0.6) is 5.75 Å². The molecule has 136 valence electrons. The summed E-state index contributed by atoms with van der Waals surface area (Å²) in [6.07, 6.45) is 0. The predicted molar refractivity (Wildman–Crippen MR) is 103 cm³/mol. The molecule has 1 N–H and O–H groups in total. The van der Waals surface area contributed by atoms with Crippen LogP contribution in [0.3, 0.4) is 0 Å². The number of ether oxygens (including phenoxy) is 1. The lowest BCUT2D eigenvalue weighted by atomic mass is 9.97. The number of benzene rings is 2. The first-order valence-corrected chi connectivity index (χ1v) is 9.31. The van der Waals surface area contributed by atoms with Crippen molar-refractivity contribution in [1.29, 1.82) is 0 Å². The van der Waals surface area contributed by atoms with Crippen LogP contribution in [0.25, 0.3) is 11.1 Å². The number of carbonyl (C=O) groups excluding carboxylic acids is 1. The molecule has 2 aromatic carbocycles. The third-order valence-corrected chi connectivity index (χ3v) is 5.21. The maximum atomic E-state index is 13.4. The molecule has 27 heavy (non-hydrogen) atoms. The summed E-state index contributed by atoms with van der Waals surface area (Å²) in [5.74, 6) is 0.0210. The highest BCUT2D eigenvalue weighted by atomic mass is 32.1. The average Bonchev–Trinajstić information content (AvgIpc) is 3.21. The van der Waals surface area contributed by atoms with E-state index >= 15 is 0 Å². The summed E-state index contributed by atoms with van der Waals surface area (Å²) in [7, 11) is 0. The minimum atomic E-state index is -0.353. The zero-order chi connectivity index (χ0) is 19.0. The lowest BCUT2D eigenvalue weighted by Gasteiger charge is -2.08. The highest BCUT2D eigenvalue weighted by Gasteiger charge is 2.33. The summed E-state index contributed by atoms with van der Waals surface area (Å²) in [6, 6.07) is 11.2. The highest BCUT2D eigenvalue weighted by Crippen LogP contribution is 2.44. The molecule has 0 aliphatic heterocycles. The molecule has 6 heteroatoms. The molecule has 0 unspecified atom stereocenters. The molecular weight excluding hydrogens is 365 g/mol. The third-order valence-electron chi connectivity index (χ3n) is 4.46. The Balaban J connectivity index is 1.91. The second kappa shape index (κ2) is 7.06. The van der Waals surface area contributed by atoms with Crippen LogP contribution in [-0.4, -0.2) is 29.1 Å². The lowest BCUT2D eigenvalue weighted by Crippen LogP contribution is -2.03. The number of fused-ring (bicyclic) bond motifs is 1. The molecule has 0 saturated heterocycles. The van der Waals surface area contributed by atoms with Crippen LogP contribution in [0.1, 0.15) is 32.1 Å². The van der Waals surface area contributed by atoms with Crippen LogP contribution in [-0.2, 0) is 0 Å². The Hall–Kier alpha value is -2.83. The molecule has 3 aromatic rings. The molecule has 0 atom stereocenters. The van der Waals surface area contributed by atoms with E-state index in [0.717, 1.165) is 21.7 Å². The molecule has 1 heterocycles. The smallest absolute Gasteiger partial charge is 0.195 e.